The first-order chi connectivity index (χ1) is 14.2. The lowest BCUT2D eigenvalue weighted by Crippen LogP contribution is -2.53. The second-order valence-corrected chi connectivity index (χ2v) is 12.1. The topological polar surface area (TPSA) is 73.7 Å². The van der Waals surface area contributed by atoms with Crippen LogP contribution in [0.2, 0.25) is 0 Å². The van der Waals surface area contributed by atoms with Crippen LogP contribution < -0.4 is 4.90 Å². The van der Waals surface area contributed by atoms with Crippen LogP contribution in [0.15, 0.2) is 18.3 Å². The Morgan fingerprint density at radius 3 is 2.23 bits per heavy atom. The van der Waals surface area contributed by atoms with Gasteiger partial charge in [-0.05, 0) is 42.2 Å². The van der Waals surface area contributed by atoms with E-state index in [0.717, 1.165) is 18.7 Å². The van der Waals surface area contributed by atoms with Gasteiger partial charge in [-0.15, -0.1) is 0 Å². The number of anilines is 1. The highest BCUT2D eigenvalue weighted by molar-refractivity contribution is 7.89. The lowest BCUT2D eigenvalue weighted by molar-refractivity contribution is -0.137. The van der Waals surface area contributed by atoms with Gasteiger partial charge in [0.15, 0.2) is 0 Å². The van der Waals surface area contributed by atoms with E-state index in [2.05, 4.69) is 25.8 Å². The molecule has 3 atom stereocenters. The Labute approximate surface area is 181 Å². The number of aromatic nitrogens is 1. The van der Waals surface area contributed by atoms with Gasteiger partial charge in [0.25, 0.3) is 0 Å². The molecule has 0 spiro atoms. The average Bonchev–Trinajstić information content (AvgIpc) is 2.96. The van der Waals surface area contributed by atoms with E-state index in [1.54, 1.807) is 4.90 Å². The highest BCUT2D eigenvalue weighted by atomic mass is 32.2. The molecule has 1 aliphatic heterocycles. The number of hydrogen-bond acceptors (Lipinski definition) is 5. The van der Waals surface area contributed by atoms with Crippen LogP contribution >= 0.6 is 0 Å². The summed E-state index contributed by atoms with van der Waals surface area (Å²) in [5.41, 5.74) is -1.79. The van der Waals surface area contributed by atoms with Gasteiger partial charge >= 0.3 is 6.18 Å². The number of hydrogen-bond donors (Lipinski definition) is 1. The molecule has 2 bridgehead atoms. The van der Waals surface area contributed by atoms with Gasteiger partial charge in [-0.2, -0.15) is 17.5 Å². The summed E-state index contributed by atoms with van der Waals surface area (Å²) in [6.07, 6.45) is -2.02. The maximum atomic E-state index is 13.3. The molecule has 0 amide bonds. The Morgan fingerprint density at radius 1 is 1.13 bits per heavy atom. The van der Waals surface area contributed by atoms with Crippen molar-refractivity contribution >= 4 is 15.8 Å². The number of aliphatic hydroxyl groups is 1. The Balaban J connectivity index is 1.44. The summed E-state index contributed by atoms with van der Waals surface area (Å²) in [6.45, 7) is 7.51. The number of nitrogens with zero attached hydrogens (tertiary/aromatic N) is 3. The van der Waals surface area contributed by atoms with Crippen LogP contribution in [-0.4, -0.2) is 60.8 Å². The Morgan fingerprint density at radius 2 is 1.77 bits per heavy atom. The van der Waals surface area contributed by atoms with Crippen molar-refractivity contribution in [1.29, 1.82) is 0 Å². The van der Waals surface area contributed by atoms with E-state index in [9.17, 15) is 26.7 Å². The molecule has 3 aliphatic rings. The normalized spacial score (nSPS) is 33.8. The maximum Gasteiger partial charge on any atom is 0.417 e. The number of piperazine rings is 1. The quantitative estimate of drug-likeness (QED) is 0.746. The zero-order valence-corrected chi connectivity index (χ0v) is 18.9. The molecule has 6 nitrogen and oxygen atoms in total. The standard InChI is InChI=1S/C21H30F3N3O3S/c1-18(2)19(3)6-7-20(18,16(28)12-19)14-31(29,30)27-10-8-26(9-11-27)17-5-4-15(13-25-17)21(22,23)24/h4-5,13,16,28H,6-12,14H2,1-3H3/t16?,19-,20-/m0/s1. The second kappa shape index (κ2) is 7.05. The number of rotatable bonds is 4. The zero-order valence-electron chi connectivity index (χ0n) is 18.1. The summed E-state index contributed by atoms with van der Waals surface area (Å²) < 4.78 is 66.3. The van der Waals surface area contributed by atoms with Gasteiger partial charge in [0, 0.05) is 37.8 Å². The SMILES string of the molecule is CC1(C)[C@@]2(C)CC[C@]1(CS(=O)(=O)N1CCN(c3ccc(C(F)(F)F)cn3)CC1)C(O)C2. The minimum atomic E-state index is -4.44. The van der Waals surface area contributed by atoms with Gasteiger partial charge in [-0.1, -0.05) is 20.8 Å². The highest BCUT2D eigenvalue weighted by Crippen LogP contribution is 2.72. The minimum absolute atomic E-state index is 0.0606. The number of fused-ring (bicyclic) bond motifs is 2. The number of pyridine rings is 1. The molecule has 1 N–H and O–H groups in total. The van der Waals surface area contributed by atoms with Gasteiger partial charge in [0.05, 0.1) is 17.4 Å². The van der Waals surface area contributed by atoms with E-state index in [0.29, 0.717) is 31.7 Å². The largest absolute Gasteiger partial charge is 0.417 e. The second-order valence-electron chi connectivity index (χ2n) is 10.1. The van der Waals surface area contributed by atoms with Crippen molar-refractivity contribution in [3.8, 4) is 0 Å². The third kappa shape index (κ3) is 3.45. The molecule has 0 aromatic carbocycles. The van der Waals surface area contributed by atoms with Crippen molar-refractivity contribution in [2.75, 3.05) is 36.8 Å². The van der Waals surface area contributed by atoms with Gasteiger partial charge in [-0.25, -0.2) is 13.4 Å². The molecule has 2 aliphatic carbocycles. The molecule has 1 saturated heterocycles. The van der Waals surface area contributed by atoms with E-state index in [1.807, 2.05) is 0 Å². The molecule has 3 fully saturated rings. The van der Waals surface area contributed by atoms with Crippen LogP contribution in [0.4, 0.5) is 19.0 Å². The van der Waals surface area contributed by atoms with Crippen molar-refractivity contribution in [3.63, 3.8) is 0 Å². The fourth-order valence-corrected chi connectivity index (χ4v) is 8.24. The fourth-order valence-electron chi connectivity index (χ4n) is 5.99. The van der Waals surface area contributed by atoms with Crippen LogP contribution in [-0.2, 0) is 16.2 Å². The molecule has 10 heteroatoms. The first-order valence-electron chi connectivity index (χ1n) is 10.7. The van der Waals surface area contributed by atoms with Gasteiger partial charge in [0.1, 0.15) is 5.82 Å². The molecule has 31 heavy (non-hydrogen) atoms. The molecular weight excluding hydrogens is 431 g/mol. The molecule has 1 aromatic heterocycles. The van der Waals surface area contributed by atoms with Crippen LogP contribution in [0.25, 0.3) is 0 Å². The lowest BCUT2D eigenvalue weighted by atomic mass is 9.65. The maximum absolute atomic E-state index is 13.3. The predicted molar refractivity (Wildman–Crippen MR) is 111 cm³/mol. The Bertz CT molecular complexity index is 943. The molecule has 4 rings (SSSR count). The van der Waals surface area contributed by atoms with Gasteiger partial charge in [0.2, 0.25) is 10.0 Å². The van der Waals surface area contributed by atoms with Crippen molar-refractivity contribution < 1.29 is 26.7 Å². The summed E-state index contributed by atoms with van der Waals surface area (Å²) in [4.78, 5) is 5.71. The predicted octanol–water partition coefficient (Wildman–Crippen LogP) is 3.13. The van der Waals surface area contributed by atoms with Gasteiger partial charge in [-0.3, -0.25) is 0 Å². The number of sulfonamides is 1. The van der Waals surface area contributed by atoms with Crippen LogP contribution in [0.5, 0.6) is 0 Å². The molecule has 1 unspecified atom stereocenters. The molecule has 0 radical (unpaired) electrons. The summed E-state index contributed by atoms with van der Waals surface area (Å²) in [5, 5.41) is 10.8. The molecule has 174 valence electrons. The van der Waals surface area contributed by atoms with Crippen molar-refractivity contribution in [2.45, 2.75) is 52.3 Å². The fraction of sp³-hybridized carbons (Fsp3) is 0.762. The number of alkyl halides is 3. The van der Waals surface area contributed by atoms with Crippen molar-refractivity contribution in [3.05, 3.63) is 23.9 Å². The first-order valence-corrected chi connectivity index (χ1v) is 12.3. The van der Waals surface area contributed by atoms with E-state index in [-0.39, 0.29) is 29.7 Å². The third-order valence-corrected chi connectivity index (χ3v) is 10.7. The number of aliphatic hydroxyl groups excluding tert-OH is 1. The van der Waals surface area contributed by atoms with Crippen LogP contribution in [0.3, 0.4) is 0 Å². The summed E-state index contributed by atoms with van der Waals surface area (Å²) in [7, 11) is -3.60. The highest BCUT2D eigenvalue weighted by Gasteiger charge is 2.70. The average molecular weight is 462 g/mol. The number of halogens is 3. The van der Waals surface area contributed by atoms with Crippen molar-refractivity contribution in [2.24, 2.45) is 16.2 Å². The Kier molecular flexibility index (Phi) is 5.19. The van der Waals surface area contributed by atoms with Crippen LogP contribution in [0.1, 0.15) is 45.6 Å². The first kappa shape index (κ1) is 22.8. The monoisotopic (exact) mass is 461 g/mol. The van der Waals surface area contributed by atoms with E-state index in [4.69, 9.17) is 0 Å². The third-order valence-electron chi connectivity index (χ3n) is 8.63. The summed E-state index contributed by atoms with van der Waals surface area (Å²) in [6, 6.07) is 2.31. The summed E-state index contributed by atoms with van der Waals surface area (Å²) in [5.74, 6) is 0.338. The molecule has 1 aromatic rings. The lowest BCUT2D eigenvalue weighted by Gasteiger charge is -2.43. The smallest absolute Gasteiger partial charge is 0.392 e. The molecule has 2 heterocycles. The van der Waals surface area contributed by atoms with Crippen LogP contribution in [0, 0.1) is 16.2 Å². The minimum Gasteiger partial charge on any atom is -0.392 e. The van der Waals surface area contributed by atoms with E-state index in [1.165, 1.54) is 10.4 Å². The molecular formula is C21H30F3N3O3S. The molecule has 2 saturated carbocycles. The zero-order chi connectivity index (χ0) is 22.9. The van der Waals surface area contributed by atoms with Gasteiger partial charge < -0.3 is 10.0 Å². The summed E-state index contributed by atoms with van der Waals surface area (Å²) >= 11 is 0. The van der Waals surface area contributed by atoms with E-state index < -0.39 is 33.3 Å². The van der Waals surface area contributed by atoms with Crippen molar-refractivity contribution in [1.82, 2.24) is 9.29 Å². The Hall–Kier alpha value is -1.39. The van der Waals surface area contributed by atoms with E-state index >= 15 is 0 Å².